The molecule has 3 nitrogen and oxygen atoms in total. The Hall–Kier alpha value is -1.65. The highest BCUT2D eigenvalue weighted by atomic mass is 19.1. The largest absolute Gasteiger partial charge is 0.396 e. The monoisotopic (exact) mass is 228 g/mol. The van der Waals surface area contributed by atoms with Crippen LogP contribution in [0.15, 0.2) is 12.1 Å². The Morgan fingerprint density at radius 2 is 2.06 bits per heavy atom. The minimum atomic E-state index is -0.834. The van der Waals surface area contributed by atoms with Gasteiger partial charge in [0.05, 0.1) is 11.4 Å². The number of anilines is 2. The van der Waals surface area contributed by atoms with Crippen molar-refractivity contribution in [3.63, 3.8) is 0 Å². The summed E-state index contributed by atoms with van der Waals surface area (Å²) in [6, 6.07) is 1.73. The number of nitrogens with one attached hydrogen (secondary N) is 1. The van der Waals surface area contributed by atoms with Crippen molar-refractivity contribution in [3.8, 4) is 0 Å². The van der Waals surface area contributed by atoms with E-state index in [1.807, 2.05) is 6.92 Å². The molecule has 0 aliphatic carbocycles. The maximum Gasteiger partial charge on any atom is 0.227 e. The highest BCUT2D eigenvalue weighted by Gasteiger charge is 2.14. The molecule has 0 bridgehead atoms. The molecule has 5 heteroatoms. The summed E-state index contributed by atoms with van der Waals surface area (Å²) in [6.45, 7) is 3.57. The van der Waals surface area contributed by atoms with Gasteiger partial charge in [-0.05, 0) is 12.5 Å². The molecular formula is C11H14F2N2O. The third kappa shape index (κ3) is 2.68. The van der Waals surface area contributed by atoms with Gasteiger partial charge in [0.25, 0.3) is 0 Å². The van der Waals surface area contributed by atoms with Crippen LogP contribution < -0.4 is 11.1 Å². The normalized spacial score (nSPS) is 12.2. The smallest absolute Gasteiger partial charge is 0.227 e. The highest BCUT2D eigenvalue weighted by molar-refractivity contribution is 5.92. The minimum absolute atomic E-state index is 0.0933. The van der Waals surface area contributed by atoms with Crippen molar-refractivity contribution < 1.29 is 13.6 Å². The van der Waals surface area contributed by atoms with E-state index in [1.54, 1.807) is 6.92 Å². The fraction of sp³-hybridized carbons (Fsp3) is 0.364. The summed E-state index contributed by atoms with van der Waals surface area (Å²) in [5, 5.41) is 2.37. The molecule has 1 aromatic rings. The lowest BCUT2D eigenvalue weighted by Gasteiger charge is -2.11. The van der Waals surface area contributed by atoms with Crippen LogP contribution in [0.2, 0.25) is 0 Å². The van der Waals surface area contributed by atoms with Gasteiger partial charge in [0.1, 0.15) is 11.6 Å². The molecule has 3 N–H and O–H groups in total. The Balaban J connectivity index is 2.90. The maximum absolute atomic E-state index is 13.2. The van der Waals surface area contributed by atoms with Crippen LogP contribution in [0.4, 0.5) is 20.2 Å². The van der Waals surface area contributed by atoms with E-state index in [1.165, 1.54) is 0 Å². The van der Waals surface area contributed by atoms with Gasteiger partial charge in [-0.2, -0.15) is 0 Å². The van der Waals surface area contributed by atoms with Crippen molar-refractivity contribution in [1.82, 2.24) is 0 Å². The molecule has 0 fully saturated rings. The summed E-state index contributed by atoms with van der Waals surface area (Å²) in [5.41, 5.74) is 4.99. The molecule has 1 rings (SSSR count). The SMILES string of the molecule is CCC(C)C(=O)Nc1cc(N)c(F)cc1F. The number of rotatable bonds is 3. The fourth-order valence-corrected chi connectivity index (χ4v) is 1.10. The maximum atomic E-state index is 13.2. The van der Waals surface area contributed by atoms with Gasteiger partial charge in [0.2, 0.25) is 5.91 Å². The van der Waals surface area contributed by atoms with Gasteiger partial charge in [-0.15, -0.1) is 0 Å². The van der Waals surface area contributed by atoms with Crippen LogP contribution in [0.5, 0.6) is 0 Å². The van der Waals surface area contributed by atoms with Crippen LogP contribution >= 0.6 is 0 Å². The molecule has 0 saturated heterocycles. The Morgan fingerprint density at radius 1 is 1.44 bits per heavy atom. The zero-order chi connectivity index (χ0) is 12.3. The van der Waals surface area contributed by atoms with Crippen molar-refractivity contribution >= 4 is 17.3 Å². The zero-order valence-electron chi connectivity index (χ0n) is 9.18. The summed E-state index contributed by atoms with van der Waals surface area (Å²) in [7, 11) is 0. The molecule has 0 spiro atoms. The zero-order valence-corrected chi connectivity index (χ0v) is 9.18. The van der Waals surface area contributed by atoms with E-state index in [9.17, 15) is 13.6 Å². The number of halogens is 2. The topological polar surface area (TPSA) is 55.1 Å². The van der Waals surface area contributed by atoms with Crippen LogP contribution in [0, 0.1) is 17.6 Å². The molecule has 1 atom stereocenters. The molecule has 88 valence electrons. The van der Waals surface area contributed by atoms with Gasteiger partial charge in [-0.1, -0.05) is 13.8 Å². The van der Waals surface area contributed by atoms with Gasteiger partial charge in [0, 0.05) is 12.0 Å². The number of nitrogens with two attached hydrogens (primary N) is 1. The van der Waals surface area contributed by atoms with Crippen LogP contribution in [0.25, 0.3) is 0 Å². The predicted octanol–water partition coefficient (Wildman–Crippen LogP) is 2.53. The number of carbonyl (C=O) groups excluding carboxylic acids is 1. The number of hydrogen-bond acceptors (Lipinski definition) is 2. The molecule has 0 heterocycles. The third-order valence-corrected chi connectivity index (χ3v) is 2.40. The predicted molar refractivity (Wildman–Crippen MR) is 58.9 cm³/mol. The van der Waals surface area contributed by atoms with Crippen LogP contribution in [-0.2, 0) is 4.79 Å². The van der Waals surface area contributed by atoms with Crippen molar-refractivity contribution in [2.45, 2.75) is 20.3 Å². The highest BCUT2D eigenvalue weighted by Crippen LogP contribution is 2.21. The second-order valence-electron chi connectivity index (χ2n) is 3.65. The van der Waals surface area contributed by atoms with Crippen molar-refractivity contribution in [3.05, 3.63) is 23.8 Å². The van der Waals surface area contributed by atoms with Gasteiger partial charge in [-0.25, -0.2) is 8.78 Å². The number of hydrogen-bond donors (Lipinski definition) is 2. The van der Waals surface area contributed by atoms with E-state index in [4.69, 9.17) is 5.73 Å². The van der Waals surface area contributed by atoms with Gasteiger partial charge in [-0.3, -0.25) is 4.79 Å². The lowest BCUT2D eigenvalue weighted by Crippen LogP contribution is -2.20. The van der Waals surface area contributed by atoms with E-state index < -0.39 is 11.6 Å². The molecule has 0 aromatic heterocycles. The molecule has 1 amide bonds. The van der Waals surface area contributed by atoms with Crippen molar-refractivity contribution in [1.29, 1.82) is 0 Å². The number of carbonyl (C=O) groups is 1. The molecule has 1 aromatic carbocycles. The van der Waals surface area contributed by atoms with Crippen LogP contribution in [0.1, 0.15) is 20.3 Å². The number of benzene rings is 1. The first-order valence-corrected chi connectivity index (χ1v) is 5.01. The molecule has 1 unspecified atom stereocenters. The fourth-order valence-electron chi connectivity index (χ4n) is 1.10. The summed E-state index contributed by atoms with van der Waals surface area (Å²) in [5.74, 6) is -2.21. The van der Waals surface area contributed by atoms with Crippen molar-refractivity contribution in [2.75, 3.05) is 11.1 Å². The van der Waals surface area contributed by atoms with Gasteiger partial charge in [0.15, 0.2) is 0 Å². The first-order chi connectivity index (χ1) is 7.45. The average molecular weight is 228 g/mol. The Labute approximate surface area is 92.6 Å². The quantitative estimate of drug-likeness (QED) is 0.781. The van der Waals surface area contributed by atoms with Gasteiger partial charge < -0.3 is 11.1 Å². The molecule has 0 saturated carbocycles. The standard InChI is InChI=1S/C11H14F2N2O/c1-3-6(2)11(16)15-10-5-9(14)7(12)4-8(10)13/h4-6H,3,14H2,1-2H3,(H,15,16). The summed E-state index contributed by atoms with van der Waals surface area (Å²) < 4.78 is 26.1. The molecule has 16 heavy (non-hydrogen) atoms. The lowest BCUT2D eigenvalue weighted by molar-refractivity contribution is -0.119. The van der Waals surface area contributed by atoms with E-state index in [0.717, 1.165) is 6.07 Å². The summed E-state index contributed by atoms with van der Waals surface area (Å²) in [4.78, 5) is 11.5. The number of amides is 1. The first kappa shape index (κ1) is 12.4. The van der Waals surface area contributed by atoms with Gasteiger partial charge >= 0.3 is 0 Å². The second-order valence-corrected chi connectivity index (χ2v) is 3.65. The Bertz CT molecular complexity index is 407. The second kappa shape index (κ2) is 4.92. The summed E-state index contributed by atoms with van der Waals surface area (Å²) >= 11 is 0. The Kier molecular flexibility index (Phi) is 3.82. The van der Waals surface area contributed by atoms with E-state index in [0.29, 0.717) is 12.5 Å². The van der Waals surface area contributed by atoms with Crippen molar-refractivity contribution in [2.24, 2.45) is 5.92 Å². The molecule has 0 aliphatic rings. The first-order valence-electron chi connectivity index (χ1n) is 5.01. The molecule has 0 radical (unpaired) electrons. The minimum Gasteiger partial charge on any atom is -0.396 e. The van der Waals surface area contributed by atoms with Crippen LogP contribution in [0.3, 0.4) is 0 Å². The summed E-state index contributed by atoms with van der Waals surface area (Å²) in [6.07, 6.45) is 0.643. The lowest BCUT2D eigenvalue weighted by atomic mass is 10.1. The molecular weight excluding hydrogens is 214 g/mol. The van der Waals surface area contributed by atoms with Crippen LogP contribution in [-0.4, -0.2) is 5.91 Å². The van der Waals surface area contributed by atoms with E-state index in [-0.39, 0.29) is 23.2 Å². The Morgan fingerprint density at radius 3 is 2.62 bits per heavy atom. The van der Waals surface area contributed by atoms with E-state index in [2.05, 4.69) is 5.32 Å². The number of nitrogen functional groups attached to an aromatic ring is 1. The molecule has 0 aliphatic heterocycles. The van der Waals surface area contributed by atoms with E-state index >= 15 is 0 Å². The third-order valence-electron chi connectivity index (χ3n) is 2.40. The average Bonchev–Trinajstić information content (AvgIpc) is 2.24.